The maximum Gasteiger partial charge on any atom is 0.494 e. The van der Waals surface area contributed by atoms with Crippen LogP contribution in [0.3, 0.4) is 0 Å². The molecule has 0 aromatic heterocycles. The Kier molecular flexibility index (Phi) is 9.82. The number of alkyl halides is 3. The molecule has 0 amide bonds. The van der Waals surface area contributed by atoms with E-state index in [1.165, 1.54) is 30.9 Å². The number of hydrogen-bond acceptors (Lipinski definition) is 2. The molecule has 0 N–H and O–H groups in total. The first-order valence-corrected chi connectivity index (χ1v) is 13.1. The molecule has 2 unspecified atom stereocenters. The average Bonchev–Trinajstić information content (AvgIpc) is 2.87. The van der Waals surface area contributed by atoms with Gasteiger partial charge in [-0.15, -0.1) is 8.78 Å². The van der Waals surface area contributed by atoms with Gasteiger partial charge in [-0.2, -0.15) is 5.26 Å². The second kappa shape index (κ2) is 12.6. The lowest BCUT2D eigenvalue weighted by Crippen LogP contribution is -2.20. The maximum atomic E-state index is 15.1. The molecule has 2 nitrogen and oxygen atoms in total. The highest BCUT2D eigenvalue weighted by molar-refractivity contribution is 5.66. The van der Waals surface area contributed by atoms with Gasteiger partial charge in [-0.1, -0.05) is 49.6 Å². The predicted octanol–water partition coefficient (Wildman–Crippen LogP) is 9.40. The third kappa shape index (κ3) is 7.48. The standard InChI is InChI=1S/C30H37F4NO/c1-4-5-22-7-9-24(10-8-22)26-15-16-27(28(32)18-26)25-13-11-23(12-14-25)20(2)6-17-29(21(3)31)36-30(33,34)19-35/h6,9,15-18,21-23,25H,4-5,7-8,10-14H2,1-3H3/b20-6+,29-17+. The largest absolute Gasteiger partial charge is 0.494 e. The van der Waals surface area contributed by atoms with E-state index in [4.69, 9.17) is 5.26 Å². The van der Waals surface area contributed by atoms with Gasteiger partial charge < -0.3 is 4.74 Å². The van der Waals surface area contributed by atoms with Gasteiger partial charge in [0.2, 0.25) is 0 Å². The first-order valence-electron chi connectivity index (χ1n) is 13.1. The quantitative estimate of drug-likeness (QED) is 0.191. The fraction of sp³-hybridized carbons (Fsp3) is 0.567. The molecule has 1 saturated carbocycles. The maximum absolute atomic E-state index is 15.1. The molecule has 2 aliphatic rings. The molecule has 6 heteroatoms. The van der Waals surface area contributed by atoms with E-state index in [2.05, 4.69) is 23.8 Å². The van der Waals surface area contributed by atoms with Crippen LogP contribution in [0.1, 0.15) is 95.6 Å². The summed E-state index contributed by atoms with van der Waals surface area (Å²) in [5.41, 5.74) is 3.94. The molecule has 0 heterocycles. The molecule has 3 rings (SSSR count). The molecule has 2 aliphatic carbocycles. The van der Waals surface area contributed by atoms with Crippen LogP contribution in [-0.4, -0.2) is 12.3 Å². The predicted molar refractivity (Wildman–Crippen MR) is 135 cm³/mol. The van der Waals surface area contributed by atoms with Crippen molar-refractivity contribution in [1.82, 2.24) is 0 Å². The highest BCUT2D eigenvalue weighted by Crippen LogP contribution is 2.40. The molecule has 0 bridgehead atoms. The molecular weight excluding hydrogens is 466 g/mol. The summed E-state index contributed by atoms with van der Waals surface area (Å²) >= 11 is 0. The fourth-order valence-electron chi connectivity index (χ4n) is 5.51. The Morgan fingerprint density at radius 3 is 2.47 bits per heavy atom. The van der Waals surface area contributed by atoms with Gasteiger partial charge in [0.25, 0.3) is 0 Å². The first kappa shape index (κ1) is 28.0. The van der Waals surface area contributed by atoms with Crippen LogP contribution in [0.4, 0.5) is 17.6 Å². The van der Waals surface area contributed by atoms with Gasteiger partial charge in [0.1, 0.15) is 11.6 Å². The minimum absolute atomic E-state index is 0.139. The number of allylic oxidation sites excluding steroid dienone is 6. The van der Waals surface area contributed by atoms with Gasteiger partial charge in [-0.3, -0.25) is 0 Å². The first-order chi connectivity index (χ1) is 17.1. The van der Waals surface area contributed by atoms with Gasteiger partial charge in [0.15, 0.2) is 12.2 Å². The second-order valence-corrected chi connectivity index (χ2v) is 10.3. The van der Waals surface area contributed by atoms with Crippen LogP contribution in [0.25, 0.3) is 5.57 Å². The van der Waals surface area contributed by atoms with Crippen molar-refractivity contribution in [3.8, 4) is 6.07 Å². The average molecular weight is 504 g/mol. The molecular formula is C30H37F4NO. The monoisotopic (exact) mass is 503 g/mol. The van der Waals surface area contributed by atoms with Gasteiger partial charge in [0.05, 0.1) is 0 Å². The minimum atomic E-state index is -4.07. The molecule has 1 aromatic carbocycles. The van der Waals surface area contributed by atoms with Gasteiger partial charge >= 0.3 is 6.11 Å². The highest BCUT2D eigenvalue weighted by Gasteiger charge is 2.34. The molecule has 2 atom stereocenters. The number of rotatable bonds is 9. The molecule has 1 aromatic rings. The van der Waals surface area contributed by atoms with Crippen LogP contribution < -0.4 is 0 Å². The third-order valence-electron chi connectivity index (χ3n) is 7.68. The molecule has 36 heavy (non-hydrogen) atoms. The Labute approximate surface area is 212 Å². The number of nitriles is 1. The summed E-state index contributed by atoms with van der Waals surface area (Å²) in [7, 11) is 0. The number of hydrogen-bond donors (Lipinski definition) is 0. The molecule has 0 aliphatic heterocycles. The third-order valence-corrected chi connectivity index (χ3v) is 7.68. The van der Waals surface area contributed by atoms with Crippen LogP contribution in [0, 0.1) is 29.0 Å². The number of ether oxygens (including phenoxy) is 1. The van der Waals surface area contributed by atoms with Crippen molar-refractivity contribution in [2.75, 3.05) is 0 Å². The smallest absolute Gasteiger partial charge is 0.422 e. The van der Waals surface area contributed by atoms with Crippen LogP contribution in [-0.2, 0) is 4.74 Å². The lowest BCUT2D eigenvalue weighted by molar-refractivity contribution is -0.172. The zero-order valence-corrected chi connectivity index (χ0v) is 21.5. The molecule has 0 radical (unpaired) electrons. The second-order valence-electron chi connectivity index (χ2n) is 10.3. The van der Waals surface area contributed by atoms with Crippen LogP contribution in [0.15, 0.2) is 47.8 Å². The van der Waals surface area contributed by atoms with Crippen molar-refractivity contribution in [1.29, 1.82) is 5.26 Å². The minimum Gasteiger partial charge on any atom is -0.422 e. The molecule has 0 saturated heterocycles. The van der Waals surface area contributed by atoms with Crippen LogP contribution in [0.2, 0.25) is 0 Å². The van der Waals surface area contributed by atoms with E-state index in [0.29, 0.717) is 6.07 Å². The van der Waals surface area contributed by atoms with Crippen molar-refractivity contribution in [2.24, 2.45) is 11.8 Å². The van der Waals surface area contributed by atoms with Gasteiger partial charge in [-0.05, 0) is 105 Å². The van der Waals surface area contributed by atoms with Crippen LogP contribution in [0.5, 0.6) is 0 Å². The Balaban J connectivity index is 1.61. The number of halogens is 4. The van der Waals surface area contributed by atoms with E-state index >= 15 is 4.39 Å². The summed E-state index contributed by atoms with van der Waals surface area (Å²) in [4.78, 5) is 0. The van der Waals surface area contributed by atoms with E-state index in [0.717, 1.165) is 68.1 Å². The molecule has 1 fully saturated rings. The number of nitrogens with zero attached hydrogens (tertiary/aromatic N) is 1. The lowest BCUT2D eigenvalue weighted by atomic mass is 9.75. The highest BCUT2D eigenvalue weighted by atomic mass is 19.3. The van der Waals surface area contributed by atoms with Crippen LogP contribution >= 0.6 is 0 Å². The van der Waals surface area contributed by atoms with Gasteiger partial charge in [0, 0.05) is 0 Å². The fourth-order valence-corrected chi connectivity index (χ4v) is 5.51. The Hall–Kier alpha value is -2.55. The molecule has 0 spiro atoms. The summed E-state index contributed by atoms with van der Waals surface area (Å²) < 4.78 is 59.5. The van der Waals surface area contributed by atoms with E-state index < -0.39 is 18.0 Å². The zero-order valence-electron chi connectivity index (χ0n) is 21.5. The zero-order chi connectivity index (χ0) is 26.3. The normalized spacial score (nSPS) is 24.6. The van der Waals surface area contributed by atoms with Crippen molar-refractivity contribution >= 4 is 5.57 Å². The van der Waals surface area contributed by atoms with Crippen molar-refractivity contribution in [3.63, 3.8) is 0 Å². The van der Waals surface area contributed by atoms with E-state index in [1.54, 1.807) is 12.1 Å². The summed E-state index contributed by atoms with van der Waals surface area (Å²) in [5, 5.41) is 8.43. The summed E-state index contributed by atoms with van der Waals surface area (Å²) in [6.07, 6.45) is 8.26. The number of benzene rings is 1. The summed E-state index contributed by atoms with van der Waals surface area (Å²) in [5.74, 6) is 0.387. The van der Waals surface area contributed by atoms with Crippen molar-refractivity contribution in [2.45, 2.75) is 96.8 Å². The van der Waals surface area contributed by atoms with E-state index in [-0.39, 0.29) is 17.7 Å². The topological polar surface area (TPSA) is 33.0 Å². The summed E-state index contributed by atoms with van der Waals surface area (Å²) in [6, 6.07) is 6.41. The van der Waals surface area contributed by atoms with E-state index in [1.807, 2.05) is 13.0 Å². The Morgan fingerprint density at radius 2 is 1.92 bits per heavy atom. The van der Waals surface area contributed by atoms with E-state index in [9.17, 15) is 13.2 Å². The lowest BCUT2D eigenvalue weighted by Gasteiger charge is -2.30. The Morgan fingerprint density at radius 1 is 1.19 bits per heavy atom. The summed E-state index contributed by atoms with van der Waals surface area (Å²) in [6.45, 7) is 5.18. The van der Waals surface area contributed by atoms with Crippen molar-refractivity contribution < 1.29 is 22.3 Å². The SMILES string of the molecule is CCCC1CC=C(c2ccc(C3CCC(/C(C)=C/C=C(/OC(F)(F)C#N)C(C)F)CC3)c(F)c2)CC1. The molecule has 196 valence electrons. The Bertz CT molecular complexity index is 1030. The van der Waals surface area contributed by atoms with Gasteiger partial charge in [-0.25, -0.2) is 8.78 Å². The van der Waals surface area contributed by atoms with Crippen molar-refractivity contribution in [3.05, 3.63) is 64.7 Å².